The van der Waals surface area contributed by atoms with E-state index in [2.05, 4.69) is 25.7 Å². The average Bonchev–Trinajstić information content (AvgIpc) is 3.00. The van der Waals surface area contributed by atoms with Gasteiger partial charge < -0.3 is 25.3 Å². The van der Waals surface area contributed by atoms with E-state index in [0.29, 0.717) is 23.0 Å². The van der Waals surface area contributed by atoms with Crippen molar-refractivity contribution in [3.05, 3.63) is 121 Å². The molecule has 224 valence electrons. The van der Waals surface area contributed by atoms with E-state index < -0.39 is 0 Å². The van der Waals surface area contributed by atoms with Gasteiger partial charge in [0, 0.05) is 0 Å². The first-order chi connectivity index (χ1) is 19.9. The zero-order chi connectivity index (χ0) is 30.4. The zero-order valence-corrected chi connectivity index (χ0v) is 25.1. The number of para-hydroxylation sites is 4. The summed E-state index contributed by atoms with van der Waals surface area (Å²) in [7, 11) is 0. The molecule has 0 heterocycles. The summed E-state index contributed by atoms with van der Waals surface area (Å²) < 4.78 is 0. The molecule has 0 amide bonds. The van der Waals surface area contributed by atoms with E-state index >= 15 is 0 Å². The maximum atomic E-state index is 8.63. The second-order valence-corrected chi connectivity index (χ2v) is 9.24. The fourth-order valence-electron chi connectivity index (χ4n) is 3.19. The van der Waals surface area contributed by atoms with Crippen molar-refractivity contribution in [3.63, 3.8) is 0 Å². The second-order valence-electron chi connectivity index (χ2n) is 9.24. The summed E-state index contributed by atoms with van der Waals surface area (Å²) in [6.45, 7) is 10.8. The predicted octanol–water partition coefficient (Wildman–Crippen LogP) is 9.26. The fraction of sp³-hybridized carbons (Fsp3) is 0.333. The Morgan fingerprint density at radius 1 is 0.366 bits per heavy atom. The molecule has 0 radical (unpaired) electrons. The topological polar surface area (TPSA) is 84.2 Å². The van der Waals surface area contributed by atoms with E-state index in [0.717, 1.165) is 0 Å². The van der Waals surface area contributed by atoms with Crippen LogP contribution in [-0.4, -0.2) is 45.0 Å². The van der Waals surface area contributed by atoms with Crippen molar-refractivity contribution in [3.8, 4) is 23.0 Å². The lowest BCUT2D eigenvalue weighted by Gasteiger charge is -2.21. The second kappa shape index (κ2) is 27.6. The van der Waals surface area contributed by atoms with Crippen LogP contribution in [-0.2, 0) is 0 Å². The van der Waals surface area contributed by atoms with Gasteiger partial charge in [0.05, 0.1) is 0 Å². The third-order valence-corrected chi connectivity index (χ3v) is 5.51. The van der Waals surface area contributed by atoms with E-state index in [4.69, 9.17) is 20.4 Å². The van der Waals surface area contributed by atoms with Crippen molar-refractivity contribution in [2.75, 3.05) is 19.6 Å². The van der Waals surface area contributed by atoms with Crippen molar-refractivity contribution in [1.29, 1.82) is 0 Å². The SMILES string of the molecule is CCCCN(CCCC)CCCC.Oc1ccccc1.Oc1ccccc1.Oc1ccccc1.Oc1ccccc1. The first-order valence-corrected chi connectivity index (χ1v) is 14.6. The quantitative estimate of drug-likeness (QED) is 0.164. The molecule has 4 rings (SSSR count). The van der Waals surface area contributed by atoms with Crippen molar-refractivity contribution in [1.82, 2.24) is 4.90 Å². The van der Waals surface area contributed by atoms with Crippen LogP contribution in [0.1, 0.15) is 59.3 Å². The molecule has 41 heavy (non-hydrogen) atoms. The van der Waals surface area contributed by atoms with Crippen LogP contribution >= 0.6 is 0 Å². The molecule has 0 unspecified atom stereocenters. The van der Waals surface area contributed by atoms with Gasteiger partial charge in [0.15, 0.2) is 0 Å². The van der Waals surface area contributed by atoms with Gasteiger partial charge >= 0.3 is 0 Å². The molecule has 0 saturated carbocycles. The number of rotatable bonds is 9. The lowest BCUT2D eigenvalue weighted by molar-refractivity contribution is 0.261. The van der Waals surface area contributed by atoms with Crippen LogP contribution in [0.25, 0.3) is 0 Å². The van der Waals surface area contributed by atoms with Gasteiger partial charge in [-0.15, -0.1) is 0 Å². The summed E-state index contributed by atoms with van der Waals surface area (Å²) in [4.78, 5) is 2.64. The largest absolute Gasteiger partial charge is 0.508 e. The van der Waals surface area contributed by atoms with Crippen molar-refractivity contribution < 1.29 is 20.4 Å². The summed E-state index contributed by atoms with van der Waals surface area (Å²) in [5, 5.41) is 34.5. The van der Waals surface area contributed by atoms with E-state index in [-0.39, 0.29) is 0 Å². The Labute approximate surface area is 248 Å². The number of benzene rings is 4. The molecular formula is C36H51NO4. The van der Waals surface area contributed by atoms with E-state index in [1.165, 1.54) is 58.2 Å². The molecule has 0 bridgehead atoms. The first-order valence-electron chi connectivity index (χ1n) is 14.6. The van der Waals surface area contributed by atoms with Gasteiger partial charge in [-0.25, -0.2) is 0 Å². The number of nitrogens with zero attached hydrogens (tertiary/aromatic N) is 1. The van der Waals surface area contributed by atoms with Gasteiger partial charge in [-0.05, 0) is 87.4 Å². The Hall–Kier alpha value is -3.96. The highest BCUT2D eigenvalue weighted by Crippen LogP contribution is 2.05. The third kappa shape index (κ3) is 26.0. The molecule has 0 spiro atoms. The number of hydrogen-bond donors (Lipinski definition) is 4. The molecule has 0 saturated heterocycles. The Kier molecular flexibility index (Phi) is 24.9. The number of phenolic OH excluding ortho intramolecular Hbond substituents is 4. The van der Waals surface area contributed by atoms with Crippen LogP contribution in [0.4, 0.5) is 0 Å². The number of aromatic hydroxyl groups is 4. The van der Waals surface area contributed by atoms with E-state index in [1.54, 1.807) is 97.1 Å². The molecule has 0 aliphatic rings. The van der Waals surface area contributed by atoms with Gasteiger partial charge in [0.1, 0.15) is 23.0 Å². The summed E-state index contributed by atoms with van der Waals surface area (Å²) in [6.07, 6.45) is 8.09. The molecule has 5 heteroatoms. The van der Waals surface area contributed by atoms with E-state index in [9.17, 15) is 0 Å². The van der Waals surface area contributed by atoms with Crippen LogP contribution in [0.2, 0.25) is 0 Å². The maximum Gasteiger partial charge on any atom is 0.115 e. The standard InChI is InChI=1S/C12H27N.4C6H6O/c1-4-7-10-13(11-8-5-2)12-9-6-3;4*7-6-4-2-1-3-5-6/h4-12H2,1-3H3;4*1-5,7H. The Morgan fingerprint density at radius 3 is 0.683 bits per heavy atom. The Balaban J connectivity index is 0.000000501. The van der Waals surface area contributed by atoms with E-state index in [1.807, 2.05) is 24.3 Å². The van der Waals surface area contributed by atoms with Gasteiger partial charge in [0.25, 0.3) is 0 Å². The Bertz CT molecular complexity index is 863. The third-order valence-electron chi connectivity index (χ3n) is 5.51. The van der Waals surface area contributed by atoms with Crippen LogP contribution in [0.3, 0.4) is 0 Å². The highest BCUT2D eigenvalue weighted by atomic mass is 16.3. The van der Waals surface area contributed by atoms with Gasteiger partial charge in [-0.3, -0.25) is 0 Å². The minimum absolute atomic E-state index is 0.322. The molecule has 0 fully saturated rings. The molecule has 0 atom stereocenters. The minimum Gasteiger partial charge on any atom is -0.508 e. The fourth-order valence-corrected chi connectivity index (χ4v) is 3.19. The number of phenols is 4. The summed E-state index contributed by atoms with van der Waals surface area (Å²) >= 11 is 0. The summed E-state index contributed by atoms with van der Waals surface area (Å²) in [5.74, 6) is 1.29. The summed E-state index contributed by atoms with van der Waals surface area (Å²) in [6, 6.07) is 34.9. The van der Waals surface area contributed by atoms with Crippen LogP contribution in [0.5, 0.6) is 23.0 Å². The lowest BCUT2D eigenvalue weighted by atomic mass is 10.2. The molecular weight excluding hydrogens is 510 g/mol. The van der Waals surface area contributed by atoms with Crippen LogP contribution in [0.15, 0.2) is 121 Å². The monoisotopic (exact) mass is 561 g/mol. The average molecular weight is 562 g/mol. The zero-order valence-electron chi connectivity index (χ0n) is 25.1. The van der Waals surface area contributed by atoms with Crippen molar-refractivity contribution in [2.45, 2.75) is 59.3 Å². The molecule has 0 aliphatic carbocycles. The number of unbranched alkanes of at least 4 members (excludes halogenated alkanes) is 3. The van der Waals surface area contributed by atoms with Crippen molar-refractivity contribution in [2.24, 2.45) is 0 Å². The maximum absolute atomic E-state index is 8.63. The highest BCUT2D eigenvalue weighted by molar-refractivity contribution is 5.20. The normalized spacial score (nSPS) is 9.37. The predicted molar refractivity (Wildman–Crippen MR) is 174 cm³/mol. The number of hydrogen-bond acceptors (Lipinski definition) is 5. The molecule has 4 aromatic rings. The molecule has 0 aliphatic heterocycles. The van der Waals surface area contributed by atoms with Gasteiger partial charge in [-0.1, -0.05) is 113 Å². The van der Waals surface area contributed by atoms with Gasteiger partial charge in [-0.2, -0.15) is 0 Å². The summed E-state index contributed by atoms with van der Waals surface area (Å²) in [5.41, 5.74) is 0. The molecule has 4 aromatic carbocycles. The molecule has 4 N–H and O–H groups in total. The lowest BCUT2D eigenvalue weighted by Crippen LogP contribution is -2.27. The molecule has 0 aromatic heterocycles. The smallest absolute Gasteiger partial charge is 0.115 e. The molecule has 5 nitrogen and oxygen atoms in total. The van der Waals surface area contributed by atoms with Gasteiger partial charge in [0.2, 0.25) is 0 Å². The minimum atomic E-state index is 0.322. The van der Waals surface area contributed by atoms with Crippen LogP contribution < -0.4 is 0 Å². The highest BCUT2D eigenvalue weighted by Gasteiger charge is 2.01. The Morgan fingerprint density at radius 2 is 0.561 bits per heavy atom. The first kappa shape index (κ1) is 37.0. The van der Waals surface area contributed by atoms with Crippen LogP contribution in [0, 0.1) is 0 Å². The van der Waals surface area contributed by atoms with Crippen molar-refractivity contribution >= 4 is 0 Å².